The monoisotopic (exact) mass is 344 g/mol. The van der Waals surface area contributed by atoms with Crippen LogP contribution in [0.4, 0.5) is 5.95 Å². The molecule has 0 bridgehead atoms. The van der Waals surface area contributed by atoms with Gasteiger partial charge in [0.1, 0.15) is 12.1 Å². The van der Waals surface area contributed by atoms with Gasteiger partial charge in [-0.25, -0.2) is 4.98 Å². The Kier molecular flexibility index (Phi) is 4.30. The highest BCUT2D eigenvalue weighted by atomic mass is 16.1. The first kappa shape index (κ1) is 17.0. The molecule has 7 heteroatoms. The molecule has 1 aromatic carbocycles. The Balaban J connectivity index is 2.00. The molecule has 7 nitrogen and oxygen atoms in total. The number of carbonyl (C=O) groups excluding carboxylic acids is 1. The Bertz CT molecular complexity index is 1080. The van der Waals surface area contributed by atoms with E-state index in [2.05, 4.69) is 4.98 Å². The van der Waals surface area contributed by atoms with E-state index < -0.39 is 0 Å². The minimum Gasteiger partial charge on any atom is -0.369 e. The number of hydrogen-bond donors (Lipinski definition) is 1. The highest BCUT2D eigenvalue weighted by Gasteiger charge is 2.21. The van der Waals surface area contributed by atoms with Gasteiger partial charge < -0.3 is 10.3 Å². The smallest absolute Gasteiger partial charge is 0.202 e. The van der Waals surface area contributed by atoms with Crippen LogP contribution in [0.5, 0.6) is 0 Å². The standard InChI is InChI=1S/C19H16N6O/c1-12-8-15(13(2)25(12)14-6-4-3-5-7-14)18(26)11-24-17(10-21)16(9-20)23-19(24)22/h3-8H,11H2,1-2H3,(H2,22,23). The van der Waals surface area contributed by atoms with Crippen molar-refractivity contribution < 1.29 is 4.79 Å². The summed E-state index contributed by atoms with van der Waals surface area (Å²) in [5.74, 6) is -0.228. The minimum absolute atomic E-state index is 0.00443. The van der Waals surface area contributed by atoms with Gasteiger partial charge in [0, 0.05) is 22.6 Å². The summed E-state index contributed by atoms with van der Waals surface area (Å²) in [5.41, 5.74) is 8.93. The van der Waals surface area contributed by atoms with Crippen molar-refractivity contribution in [2.75, 3.05) is 5.73 Å². The zero-order chi connectivity index (χ0) is 18.8. The lowest BCUT2D eigenvalue weighted by molar-refractivity contribution is 0.0972. The molecule has 0 amide bonds. The van der Waals surface area contributed by atoms with Crippen LogP contribution in [0.25, 0.3) is 5.69 Å². The quantitative estimate of drug-likeness (QED) is 0.730. The van der Waals surface area contributed by atoms with Gasteiger partial charge in [-0.3, -0.25) is 9.36 Å². The summed E-state index contributed by atoms with van der Waals surface area (Å²) < 4.78 is 3.27. The molecule has 0 unspecified atom stereocenters. The van der Waals surface area contributed by atoms with Crippen molar-refractivity contribution in [1.82, 2.24) is 14.1 Å². The lowest BCUT2D eigenvalue weighted by Gasteiger charge is -2.10. The Morgan fingerprint density at radius 3 is 2.50 bits per heavy atom. The van der Waals surface area contributed by atoms with Crippen LogP contribution in [-0.4, -0.2) is 19.9 Å². The molecule has 0 aliphatic carbocycles. The second kappa shape index (κ2) is 6.58. The Labute approximate surface area is 150 Å². The lowest BCUT2D eigenvalue weighted by Crippen LogP contribution is -2.15. The van der Waals surface area contributed by atoms with E-state index in [-0.39, 0.29) is 29.7 Å². The summed E-state index contributed by atoms with van der Waals surface area (Å²) in [5, 5.41) is 18.3. The summed E-state index contributed by atoms with van der Waals surface area (Å²) in [4.78, 5) is 16.7. The van der Waals surface area contributed by atoms with Crippen LogP contribution in [-0.2, 0) is 6.54 Å². The number of nitrogen functional groups attached to an aromatic ring is 1. The second-order valence-corrected chi connectivity index (χ2v) is 5.86. The van der Waals surface area contributed by atoms with Crippen molar-refractivity contribution in [3.8, 4) is 17.8 Å². The number of imidazole rings is 1. The predicted molar refractivity (Wildman–Crippen MR) is 95.6 cm³/mol. The predicted octanol–water partition coefficient (Wildman–Crippen LogP) is 2.50. The molecule has 3 aromatic rings. The van der Waals surface area contributed by atoms with E-state index in [4.69, 9.17) is 11.0 Å². The van der Waals surface area contributed by atoms with E-state index in [0.717, 1.165) is 17.1 Å². The van der Waals surface area contributed by atoms with Gasteiger partial charge in [-0.15, -0.1) is 0 Å². The molecular weight excluding hydrogens is 328 g/mol. The van der Waals surface area contributed by atoms with Crippen LogP contribution in [0.1, 0.15) is 33.1 Å². The molecule has 26 heavy (non-hydrogen) atoms. The number of aryl methyl sites for hydroxylation is 1. The Morgan fingerprint density at radius 1 is 1.19 bits per heavy atom. The molecule has 0 aliphatic heterocycles. The van der Waals surface area contributed by atoms with Gasteiger partial charge in [-0.1, -0.05) is 18.2 Å². The third-order valence-corrected chi connectivity index (χ3v) is 4.26. The third-order valence-electron chi connectivity index (χ3n) is 4.26. The highest BCUT2D eigenvalue weighted by Crippen LogP contribution is 2.22. The first-order valence-corrected chi connectivity index (χ1v) is 7.91. The number of anilines is 1. The summed E-state index contributed by atoms with van der Waals surface area (Å²) in [6.45, 7) is 3.65. The van der Waals surface area contributed by atoms with E-state index in [9.17, 15) is 10.1 Å². The number of rotatable bonds is 4. The number of nitrogens with zero attached hydrogens (tertiary/aromatic N) is 5. The van der Waals surface area contributed by atoms with E-state index in [1.54, 1.807) is 0 Å². The van der Waals surface area contributed by atoms with Crippen LogP contribution in [0.2, 0.25) is 0 Å². The normalized spacial score (nSPS) is 10.3. The van der Waals surface area contributed by atoms with Crippen LogP contribution in [0.3, 0.4) is 0 Å². The number of carbonyl (C=O) groups is 1. The topological polar surface area (TPSA) is 113 Å². The van der Waals surface area contributed by atoms with Crippen molar-refractivity contribution in [3.05, 3.63) is 64.7 Å². The third kappa shape index (κ3) is 2.72. The average molecular weight is 344 g/mol. The van der Waals surface area contributed by atoms with E-state index in [1.807, 2.05) is 67.0 Å². The molecule has 0 atom stereocenters. The van der Waals surface area contributed by atoms with Crippen LogP contribution in [0, 0.1) is 36.5 Å². The number of nitriles is 2. The maximum absolute atomic E-state index is 12.8. The summed E-state index contributed by atoms with van der Waals surface area (Å²) >= 11 is 0. The Morgan fingerprint density at radius 2 is 1.88 bits per heavy atom. The SMILES string of the molecule is Cc1cc(C(=O)Cn2c(N)nc(C#N)c2C#N)c(C)n1-c1ccccc1. The fourth-order valence-electron chi connectivity index (χ4n) is 3.07. The van der Waals surface area contributed by atoms with Crippen molar-refractivity contribution in [2.45, 2.75) is 20.4 Å². The summed E-state index contributed by atoms with van der Waals surface area (Å²) in [6, 6.07) is 15.3. The van der Waals surface area contributed by atoms with Gasteiger partial charge in [-0.2, -0.15) is 10.5 Å². The van der Waals surface area contributed by atoms with Crippen molar-refractivity contribution in [3.63, 3.8) is 0 Å². The summed E-state index contributed by atoms with van der Waals surface area (Å²) in [7, 11) is 0. The van der Waals surface area contributed by atoms with Gasteiger partial charge in [0.15, 0.2) is 17.2 Å². The van der Waals surface area contributed by atoms with Crippen LogP contribution < -0.4 is 5.73 Å². The number of benzene rings is 1. The molecular formula is C19H16N6O. The molecule has 0 spiro atoms. The molecule has 0 saturated heterocycles. The molecule has 0 saturated carbocycles. The van der Waals surface area contributed by atoms with Crippen molar-refractivity contribution in [2.24, 2.45) is 0 Å². The Hall–Kier alpha value is -3.84. The number of hydrogen-bond acceptors (Lipinski definition) is 5. The molecule has 3 rings (SSSR count). The second-order valence-electron chi connectivity index (χ2n) is 5.86. The van der Waals surface area contributed by atoms with Gasteiger partial charge in [0.05, 0.1) is 6.54 Å². The van der Waals surface area contributed by atoms with Gasteiger partial charge >= 0.3 is 0 Å². The largest absolute Gasteiger partial charge is 0.369 e. The van der Waals surface area contributed by atoms with Crippen LogP contribution >= 0.6 is 0 Å². The van der Waals surface area contributed by atoms with Gasteiger partial charge in [0.2, 0.25) is 5.95 Å². The molecule has 2 aromatic heterocycles. The van der Waals surface area contributed by atoms with Gasteiger partial charge in [0.25, 0.3) is 0 Å². The van der Waals surface area contributed by atoms with E-state index in [0.29, 0.717) is 5.56 Å². The number of aromatic nitrogens is 3. The van der Waals surface area contributed by atoms with Crippen molar-refractivity contribution in [1.29, 1.82) is 10.5 Å². The molecule has 2 heterocycles. The molecule has 128 valence electrons. The van der Waals surface area contributed by atoms with Crippen LogP contribution in [0.15, 0.2) is 36.4 Å². The molecule has 2 N–H and O–H groups in total. The number of ketones is 1. The first-order chi connectivity index (χ1) is 12.5. The van der Waals surface area contributed by atoms with E-state index in [1.165, 1.54) is 4.57 Å². The lowest BCUT2D eigenvalue weighted by atomic mass is 10.1. The molecule has 0 fully saturated rings. The molecule has 0 radical (unpaired) electrons. The fourth-order valence-corrected chi connectivity index (χ4v) is 3.07. The maximum atomic E-state index is 12.8. The van der Waals surface area contributed by atoms with E-state index >= 15 is 0 Å². The number of Topliss-reactive ketones (excluding diaryl/α,β-unsaturated/α-hetero) is 1. The van der Waals surface area contributed by atoms with Gasteiger partial charge in [-0.05, 0) is 32.0 Å². The average Bonchev–Trinajstić information content (AvgIpc) is 3.11. The number of para-hydroxylation sites is 1. The maximum Gasteiger partial charge on any atom is 0.202 e. The zero-order valence-electron chi connectivity index (χ0n) is 14.4. The minimum atomic E-state index is -0.203. The highest BCUT2D eigenvalue weighted by molar-refractivity contribution is 5.97. The molecule has 0 aliphatic rings. The summed E-state index contributed by atoms with van der Waals surface area (Å²) in [6.07, 6.45) is 0. The first-order valence-electron chi connectivity index (χ1n) is 7.91. The fraction of sp³-hybridized carbons (Fsp3) is 0.158. The zero-order valence-corrected chi connectivity index (χ0v) is 14.4. The van der Waals surface area contributed by atoms with Crippen molar-refractivity contribution >= 4 is 11.7 Å². The number of nitrogens with two attached hydrogens (primary N) is 1.